The number of carboxylic acid groups (broad SMARTS) is 1. The number of aliphatic carboxylic acids is 1. The molecule has 0 bridgehead atoms. The second-order valence-electron chi connectivity index (χ2n) is 4.88. The number of nitrogens with zero attached hydrogens (tertiary/aromatic N) is 1. The zero-order valence-electron chi connectivity index (χ0n) is 12.0. The predicted molar refractivity (Wildman–Crippen MR) is 78.0 cm³/mol. The standard InChI is InChI=1S/C14H21N3O3/c1-10(17(2)3)9-15-14(20)16-12-7-5-4-6-11(12)8-13(18)19/h4-7,10H,8-9H2,1-3H3,(H,18,19)(H2,15,16,20). The van der Waals surface area contributed by atoms with Gasteiger partial charge in [-0.1, -0.05) is 18.2 Å². The highest BCUT2D eigenvalue weighted by molar-refractivity contribution is 5.90. The van der Waals surface area contributed by atoms with Crippen LogP contribution in [-0.2, 0) is 11.2 Å². The van der Waals surface area contributed by atoms with Gasteiger partial charge in [0.05, 0.1) is 6.42 Å². The number of likely N-dealkylation sites (N-methyl/N-ethyl adjacent to an activating group) is 1. The number of amides is 2. The molecule has 0 saturated heterocycles. The number of hydrogen-bond donors (Lipinski definition) is 3. The van der Waals surface area contributed by atoms with Gasteiger partial charge < -0.3 is 20.6 Å². The maximum absolute atomic E-state index is 11.8. The molecule has 0 fully saturated rings. The van der Waals surface area contributed by atoms with Gasteiger partial charge in [-0.3, -0.25) is 4.79 Å². The zero-order chi connectivity index (χ0) is 15.1. The summed E-state index contributed by atoms with van der Waals surface area (Å²) in [5.41, 5.74) is 1.10. The molecule has 1 rings (SSSR count). The Morgan fingerprint density at radius 2 is 1.95 bits per heavy atom. The smallest absolute Gasteiger partial charge is 0.319 e. The average molecular weight is 279 g/mol. The summed E-state index contributed by atoms with van der Waals surface area (Å²) in [5.74, 6) is -0.930. The van der Waals surface area contributed by atoms with Gasteiger partial charge >= 0.3 is 12.0 Å². The Morgan fingerprint density at radius 1 is 1.30 bits per heavy atom. The molecule has 0 aliphatic heterocycles. The molecule has 3 N–H and O–H groups in total. The molecule has 0 heterocycles. The van der Waals surface area contributed by atoms with Crippen molar-refractivity contribution in [2.24, 2.45) is 0 Å². The van der Waals surface area contributed by atoms with Crippen LogP contribution in [0.5, 0.6) is 0 Å². The highest BCUT2D eigenvalue weighted by Crippen LogP contribution is 2.15. The summed E-state index contributed by atoms with van der Waals surface area (Å²) in [7, 11) is 3.87. The minimum Gasteiger partial charge on any atom is -0.481 e. The van der Waals surface area contributed by atoms with Gasteiger partial charge in [-0.2, -0.15) is 0 Å². The Kier molecular flexibility index (Phi) is 5.99. The van der Waals surface area contributed by atoms with E-state index in [1.807, 2.05) is 25.9 Å². The number of carboxylic acids is 1. The van der Waals surface area contributed by atoms with Gasteiger partial charge in [0.15, 0.2) is 0 Å². The molecule has 110 valence electrons. The van der Waals surface area contributed by atoms with E-state index in [1.54, 1.807) is 24.3 Å². The van der Waals surface area contributed by atoms with Crippen LogP contribution >= 0.6 is 0 Å². The minimum atomic E-state index is -0.930. The summed E-state index contributed by atoms with van der Waals surface area (Å²) in [6.07, 6.45) is -0.120. The van der Waals surface area contributed by atoms with E-state index < -0.39 is 5.97 Å². The first-order chi connectivity index (χ1) is 9.40. The number of urea groups is 1. The van der Waals surface area contributed by atoms with Gasteiger partial charge in [0.1, 0.15) is 0 Å². The van der Waals surface area contributed by atoms with Crippen LogP contribution in [0.15, 0.2) is 24.3 Å². The lowest BCUT2D eigenvalue weighted by molar-refractivity contribution is -0.136. The number of hydrogen-bond acceptors (Lipinski definition) is 3. The van der Waals surface area contributed by atoms with E-state index in [4.69, 9.17) is 5.11 Å². The minimum absolute atomic E-state index is 0.120. The Balaban J connectivity index is 2.59. The molecule has 0 aromatic heterocycles. The monoisotopic (exact) mass is 279 g/mol. The summed E-state index contributed by atoms with van der Waals surface area (Å²) in [5, 5.41) is 14.3. The molecule has 1 aromatic rings. The quantitative estimate of drug-likeness (QED) is 0.735. The van der Waals surface area contributed by atoms with Crippen LogP contribution in [0.3, 0.4) is 0 Å². The second-order valence-corrected chi connectivity index (χ2v) is 4.88. The second kappa shape index (κ2) is 7.49. The van der Waals surface area contributed by atoms with Crippen LogP contribution in [0.2, 0.25) is 0 Å². The van der Waals surface area contributed by atoms with Gasteiger partial charge in [-0.15, -0.1) is 0 Å². The number of nitrogens with one attached hydrogen (secondary N) is 2. The Hall–Kier alpha value is -2.08. The van der Waals surface area contributed by atoms with Gasteiger partial charge in [0, 0.05) is 18.3 Å². The molecule has 2 amide bonds. The van der Waals surface area contributed by atoms with Crippen molar-refractivity contribution in [2.75, 3.05) is 26.0 Å². The molecule has 0 saturated carbocycles. The summed E-state index contributed by atoms with van der Waals surface area (Å²) < 4.78 is 0. The van der Waals surface area contributed by atoms with E-state index in [1.165, 1.54) is 0 Å². The van der Waals surface area contributed by atoms with E-state index in [0.717, 1.165) is 0 Å². The van der Waals surface area contributed by atoms with Crippen molar-refractivity contribution in [1.29, 1.82) is 0 Å². The molecule has 1 atom stereocenters. The molecular formula is C14H21N3O3. The lowest BCUT2D eigenvalue weighted by atomic mass is 10.1. The van der Waals surface area contributed by atoms with E-state index in [2.05, 4.69) is 10.6 Å². The van der Waals surface area contributed by atoms with Crippen molar-refractivity contribution in [3.8, 4) is 0 Å². The summed E-state index contributed by atoms with van der Waals surface area (Å²) >= 11 is 0. The van der Waals surface area contributed by atoms with Crippen LogP contribution in [0.1, 0.15) is 12.5 Å². The number of carbonyl (C=O) groups excluding carboxylic acids is 1. The normalized spacial score (nSPS) is 12.0. The number of para-hydroxylation sites is 1. The summed E-state index contributed by atoms with van der Waals surface area (Å²) in [6, 6.07) is 6.75. The molecule has 0 spiro atoms. The van der Waals surface area contributed by atoms with Crippen molar-refractivity contribution in [3.05, 3.63) is 29.8 Å². The molecule has 0 aliphatic carbocycles. The highest BCUT2D eigenvalue weighted by Gasteiger charge is 2.10. The number of carbonyl (C=O) groups is 2. The van der Waals surface area contributed by atoms with Crippen LogP contribution in [0.4, 0.5) is 10.5 Å². The molecule has 1 aromatic carbocycles. The number of benzene rings is 1. The fourth-order valence-corrected chi connectivity index (χ4v) is 1.55. The highest BCUT2D eigenvalue weighted by atomic mass is 16.4. The Labute approximate surface area is 118 Å². The van der Waals surface area contributed by atoms with Gasteiger partial charge in [-0.25, -0.2) is 4.79 Å². The van der Waals surface area contributed by atoms with E-state index in [9.17, 15) is 9.59 Å². The third-order valence-corrected chi connectivity index (χ3v) is 3.05. The van der Waals surface area contributed by atoms with Gasteiger partial charge in [0.25, 0.3) is 0 Å². The van der Waals surface area contributed by atoms with Gasteiger partial charge in [-0.05, 0) is 32.6 Å². The number of anilines is 1. The lowest BCUT2D eigenvalue weighted by Gasteiger charge is -2.20. The largest absolute Gasteiger partial charge is 0.481 e. The molecule has 20 heavy (non-hydrogen) atoms. The van der Waals surface area contributed by atoms with Crippen molar-refractivity contribution in [1.82, 2.24) is 10.2 Å². The van der Waals surface area contributed by atoms with Crippen molar-refractivity contribution >= 4 is 17.7 Å². The van der Waals surface area contributed by atoms with Crippen LogP contribution in [-0.4, -0.2) is 48.7 Å². The maximum Gasteiger partial charge on any atom is 0.319 e. The third-order valence-electron chi connectivity index (χ3n) is 3.05. The lowest BCUT2D eigenvalue weighted by Crippen LogP contribution is -2.40. The van der Waals surface area contributed by atoms with E-state index in [0.29, 0.717) is 17.8 Å². The van der Waals surface area contributed by atoms with E-state index in [-0.39, 0.29) is 18.5 Å². The first-order valence-electron chi connectivity index (χ1n) is 6.41. The van der Waals surface area contributed by atoms with Crippen LogP contribution in [0, 0.1) is 0 Å². The van der Waals surface area contributed by atoms with Crippen LogP contribution in [0.25, 0.3) is 0 Å². The van der Waals surface area contributed by atoms with Crippen molar-refractivity contribution in [2.45, 2.75) is 19.4 Å². The summed E-state index contributed by atoms with van der Waals surface area (Å²) in [4.78, 5) is 24.6. The first-order valence-corrected chi connectivity index (χ1v) is 6.41. The average Bonchev–Trinajstić information content (AvgIpc) is 2.37. The van der Waals surface area contributed by atoms with Crippen LogP contribution < -0.4 is 10.6 Å². The molecule has 0 radical (unpaired) electrons. The zero-order valence-corrected chi connectivity index (χ0v) is 12.0. The third kappa shape index (κ3) is 5.27. The Morgan fingerprint density at radius 3 is 2.55 bits per heavy atom. The van der Waals surface area contributed by atoms with Crippen molar-refractivity contribution < 1.29 is 14.7 Å². The van der Waals surface area contributed by atoms with Gasteiger partial charge in [0.2, 0.25) is 0 Å². The molecular weight excluding hydrogens is 258 g/mol. The predicted octanol–water partition coefficient (Wildman–Crippen LogP) is 1.39. The first kappa shape index (κ1) is 16.0. The topological polar surface area (TPSA) is 81.7 Å². The fourth-order valence-electron chi connectivity index (χ4n) is 1.55. The SMILES string of the molecule is CC(CNC(=O)Nc1ccccc1CC(=O)O)N(C)C. The molecule has 6 heteroatoms. The summed E-state index contributed by atoms with van der Waals surface area (Å²) in [6.45, 7) is 2.51. The Bertz CT molecular complexity index is 474. The molecule has 0 aliphatic rings. The van der Waals surface area contributed by atoms with E-state index >= 15 is 0 Å². The van der Waals surface area contributed by atoms with Crippen molar-refractivity contribution in [3.63, 3.8) is 0 Å². The number of rotatable bonds is 6. The molecule has 6 nitrogen and oxygen atoms in total. The molecule has 1 unspecified atom stereocenters. The fraction of sp³-hybridized carbons (Fsp3) is 0.429. The maximum atomic E-state index is 11.8.